The van der Waals surface area contributed by atoms with Crippen molar-refractivity contribution in [2.75, 3.05) is 17.5 Å². The number of fused-ring (bicyclic) bond motifs is 1. The maximum atomic E-state index is 13.4. The lowest BCUT2D eigenvalue weighted by atomic mass is 10.1. The van der Waals surface area contributed by atoms with Crippen LogP contribution in [-0.4, -0.2) is 38.7 Å². The number of aryl methyl sites for hydroxylation is 1. The Morgan fingerprint density at radius 2 is 1.55 bits per heavy atom. The summed E-state index contributed by atoms with van der Waals surface area (Å²) in [5.41, 5.74) is 2.16. The van der Waals surface area contributed by atoms with Crippen LogP contribution in [0.25, 0.3) is 0 Å². The minimum absolute atomic E-state index is 0.00396. The minimum Gasteiger partial charge on any atom is -0.493 e. The van der Waals surface area contributed by atoms with Crippen LogP contribution in [0.15, 0.2) is 102 Å². The molecule has 0 bridgehead atoms. The van der Waals surface area contributed by atoms with E-state index < -0.39 is 22.0 Å². The van der Waals surface area contributed by atoms with E-state index in [4.69, 9.17) is 14.2 Å². The number of hydrogen-bond acceptors (Lipinski definition) is 6. The number of anilines is 1. The molecule has 5 rings (SSSR count). The quantitative estimate of drug-likeness (QED) is 0.179. The third kappa shape index (κ3) is 6.52. The van der Waals surface area contributed by atoms with E-state index in [1.54, 1.807) is 36.4 Å². The van der Waals surface area contributed by atoms with Gasteiger partial charge in [0.05, 0.1) is 23.8 Å². The normalized spacial score (nSPS) is 14.3. The second kappa shape index (κ2) is 13.0. The van der Waals surface area contributed by atoms with Gasteiger partial charge in [-0.3, -0.25) is 4.31 Å². The molecule has 8 nitrogen and oxygen atoms in total. The summed E-state index contributed by atoms with van der Waals surface area (Å²) < 4.78 is 45.7. The highest BCUT2D eigenvalue weighted by molar-refractivity contribution is 7.93. The highest BCUT2D eigenvalue weighted by Gasteiger charge is 2.42. The van der Waals surface area contributed by atoms with Gasteiger partial charge in [-0.1, -0.05) is 49.7 Å². The molecule has 4 aromatic rings. The van der Waals surface area contributed by atoms with Crippen molar-refractivity contribution in [3.8, 4) is 23.0 Å². The number of nitrogens with zero attached hydrogens (tertiary/aromatic N) is 1. The first kappa shape index (κ1) is 29.0. The van der Waals surface area contributed by atoms with Gasteiger partial charge < -0.3 is 19.3 Å². The summed E-state index contributed by atoms with van der Waals surface area (Å²) in [6.07, 6.45) is 2.59. The van der Waals surface area contributed by atoms with Crippen molar-refractivity contribution in [1.29, 1.82) is 0 Å². The molecule has 1 aliphatic heterocycles. The number of para-hydroxylation sites is 2. The summed E-state index contributed by atoms with van der Waals surface area (Å²) in [6, 6.07) is 27.2. The SMILES string of the molecule is CCCc1cc(Oc2ccccc2)ccc1OCCCOc1ccc(S(=O)(=O)N2c3ccccc3C[C@@H]2C(=O)O)cc1. The summed E-state index contributed by atoms with van der Waals surface area (Å²) in [5.74, 6) is 1.69. The Balaban J connectivity index is 1.15. The highest BCUT2D eigenvalue weighted by Crippen LogP contribution is 2.37. The zero-order valence-electron chi connectivity index (χ0n) is 23.3. The van der Waals surface area contributed by atoms with Crippen molar-refractivity contribution < 1.29 is 32.5 Å². The van der Waals surface area contributed by atoms with Gasteiger partial charge >= 0.3 is 5.97 Å². The Hall–Kier alpha value is -4.50. The van der Waals surface area contributed by atoms with E-state index >= 15 is 0 Å². The molecule has 9 heteroatoms. The van der Waals surface area contributed by atoms with Crippen molar-refractivity contribution in [3.63, 3.8) is 0 Å². The number of rotatable bonds is 13. The number of benzene rings is 4. The molecule has 0 unspecified atom stereocenters. The van der Waals surface area contributed by atoms with Gasteiger partial charge in [0, 0.05) is 12.8 Å². The molecule has 0 aromatic heterocycles. The number of carboxylic acids is 1. The molecule has 1 aliphatic rings. The standard InChI is InChI=1S/C33H33NO7S/c1-2-9-25-22-28(41-27-11-4-3-5-12-27)16-19-32(25)40-21-8-20-39-26-14-17-29(18-15-26)42(37,38)34-30-13-7-6-10-24(30)23-31(34)33(35)36/h3-7,10-19,22,31H,2,8-9,20-21,23H2,1H3,(H,35,36)/t31-/m1/s1. The van der Waals surface area contributed by atoms with E-state index in [0.29, 0.717) is 36.6 Å². The summed E-state index contributed by atoms with van der Waals surface area (Å²) in [7, 11) is -4.08. The first-order chi connectivity index (χ1) is 20.4. The van der Waals surface area contributed by atoms with E-state index in [9.17, 15) is 18.3 Å². The van der Waals surface area contributed by atoms with E-state index in [-0.39, 0.29) is 11.3 Å². The Morgan fingerprint density at radius 3 is 2.29 bits per heavy atom. The van der Waals surface area contributed by atoms with Crippen LogP contribution in [-0.2, 0) is 27.7 Å². The third-order valence-electron chi connectivity index (χ3n) is 6.94. The molecule has 0 spiro atoms. The molecule has 0 aliphatic carbocycles. The van der Waals surface area contributed by atoms with Gasteiger partial charge in [0.2, 0.25) is 0 Å². The molecule has 0 fully saturated rings. The fourth-order valence-electron chi connectivity index (χ4n) is 4.94. The van der Waals surface area contributed by atoms with Gasteiger partial charge in [-0.15, -0.1) is 0 Å². The largest absolute Gasteiger partial charge is 0.493 e. The molecule has 1 heterocycles. The molecule has 1 atom stereocenters. The van der Waals surface area contributed by atoms with Crippen LogP contribution in [0.1, 0.15) is 30.9 Å². The summed E-state index contributed by atoms with van der Waals surface area (Å²) in [6.45, 7) is 2.95. The summed E-state index contributed by atoms with van der Waals surface area (Å²) in [4.78, 5) is 11.9. The summed E-state index contributed by atoms with van der Waals surface area (Å²) in [5, 5.41) is 9.69. The Bertz CT molecular complexity index is 1620. The lowest BCUT2D eigenvalue weighted by Crippen LogP contribution is -2.42. The predicted octanol–water partition coefficient (Wildman–Crippen LogP) is 6.48. The molecule has 0 radical (unpaired) electrons. The number of sulfonamides is 1. The van der Waals surface area contributed by atoms with Crippen molar-refractivity contribution in [1.82, 2.24) is 0 Å². The second-order valence-electron chi connectivity index (χ2n) is 9.94. The fourth-order valence-corrected chi connectivity index (χ4v) is 6.59. The molecule has 42 heavy (non-hydrogen) atoms. The number of hydrogen-bond donors (Lipinski definition) is 1. The molecule has 0 amide bonds. The van der Waals surface area contributed by atoms with Crippen molar-refractivity contribution in [2.45, 2.75) is 43.5 Å². The van der Waals surface area contributed by atoms with Crippen LogP contribution < -0.4 is 18.5 Å². The first-order valence-electron chi connectivity index (χ1n) is 13.9. The van der Waals surface area contributed by atoms with Gasteiger partial charge in [-0.25, -0.2) is 13.2 Å². The zero-order valence-corrected chi connectivity index (χ0v) is 24.1. The van der Waals surface area contributed by atoms with E-state index in [1.807, 2.05) is 48.5 Å². The zero-order chi connectivity index (χ0) is 29.5. The maximum absolute atomic E-state index is 13.4. The maximum Gasteiger partial charge on any atom is 0.327 e. The highest BCUT2D eigenvalue weighted by atomic mass is 32.2. The van der Waals surface area contributed by atoms with Crippen LogP contribution >= 0.6 is 0 Å². The first-order valence-corrected chi connectivity index (χ1v) is 15.4. The second-order valence-corrected chi connectivity index (χ2v) is 11.8. The lowest BCUT2D eigenvalue weighted by molar-refractivity contribution is -0.138. The molecule has 218 valence electrons. The summed E-state index contributed by atoms with van der Waals surface area (Å²) >= 11 is 0. The van der Waals surface area contributed by atoms with Gasteiger partial charge in [-0.05, 0) is 78.2 Å². The number of carbonyl (C=O) groups is 1. The average molecular weight is 588 g/mol. The van der Waals surface area contributed by atoms with Crippen molar-refractivity contribution >= 4 is 21.7 Å². The van der Waals surface area contributed by atoms with E-state index in [0.717, 1.165) is 40.0 Å². The molecule has 1 N–H and O–H groups in total. The third-order valence-corrected chi connectivity index (χ3v) is 8.77. The lowest BCUT2D eigenvalue weighted by Gasteiger charge is -2.24. The van der Waals surface area contributed by atoms with Gasteiger partial charge in [-0.2, -0.15) is 0 Å². The van der Waals surface area contributed by atoms with Gasteiger partial charge in [0.15, 0.2) is 0 Å². The monoisotopic (exact) mass is 587 g/mol. The van der Waals surface area contributed by atoms with Gasteiger partial charge in [0.25, 0.3) is 10.0 Å². The molecular formula is C33H33NO7S. The van der Waals surface area contributed by atoms with Crippen LogP contribution in [0.5, 0.6) is 23.0 Å². The topological polar surface area (TPSA) is 102 Å². The number of carboxylic acid groups (broad SMARTS) is 1. The predicted molar refractivity (Wildman–Crippen MR) is 160 cm³/mol. The Labute approximate surface area is 246 Å². The van der Waals surface area contributed by atoms with Crippen LogP contribution in [0.3, 0.4) is 0 Å². The van der Waals surface area contributed by atoms with Crippen LogP contribution in [0.4, 0.5) is 5.69 Å². The van der Waals surface area contributed by atoms with Crippen LogP contribution in [0.2, 0.25) is 0 Å². The van der Waals surface area contributed by atoms with Gasteiger partial charge in [0.1, 0.15) is 29.0 Å². The Kier molecular flexibility index (Phi) is 8.97. The smallest absolute Gasteiger partial charge is 0.327 e. The number of ether oxygens (including phenoxy) is 3. The minimum atomic E-state index is -4.08. The van der Waals surface area contributed by atoms with E-state index in [1.165, 1.54) is 12.1 Å². The average Bonchev–Trinajstić information content (AvgIpc) is 3.40. The van der Waals surface area contributed by atoms with Crippen LogP contribution in [0, 0.1) is 0 Å². The number of aliphatic carboxylic acids is 1. The van der Waals surface area contributed by atoms with E-state index in [2.05, 4.69) is 6.92 Å². The molecular weight excluding hydrogens is 554 g/mol. The van der Waals surface area contributed by atoms with Crippen molar-refractivity contribution in [2.24, 2.45) is 0 Å². The Morgan fingerprint density at radius 1 is 0.857 bits per heavy atom. The molecule has 0 saturated heterocycles. The molecule has 4 aromatic carbocycles. The fraction of sp³-hybridized carbons (Fsp3) is 0.242. The van der Waals surface area contributed by atoms with Crippen molar-refractivity contribution in [3.05, 3.63) is 108 Å². The molecule has 0 saturated carbocycles.